The molecular formula is C16H16N2O3. The molecule has 0 unspecified atom stereocenters. The van der Waals surface area contributed by atoms with E-state index in [0.29, 0.717) is 5.56 Å². The van der Waals surface area contributed by atoms with Crippen molar-refractivity contribution in [2.24, 2.45) is 0 Å². The predicted octanol–water partition coefficient (Wildman–Crippen LogP) is 1.93. The van der Waals surface area contributed by atoms with Crippen LogP contribution in [0.1, 0.15) is 10.4 Å². The number of benzene rings is 2. The molecule has 5 heteroatoms. The summed E-state index contributed by atoms with van der Waals surface area (Å²) in [6, 6.07) is 17.0. The highest BCUT2D eigenvalue weighted by molar-refractivity contribution is 5.96. The molecule has 2 aromatic rings. The van der Waals surface area contributed by atoms with Crippen LogP contribution in [0.4, 0.5) is 0 Å². The van der Waals surface area contributed by atoms with Gasteiger partial charge in [0.05, 0.1) is 0 Å². The fourth-order valence-electron chi connectivity index (χ4n) is 1.98. The van der Waals surface area contributed by atoms with Gasteiger partial charge < -0.3 is 4.90 Å². The van der Waals surface area contributed by atoms with Gasteiger partial charge in [0.1, 0.15) is 6.54 Å². The summed E-state index contributed by atoms with van der Waals surface area (Å²) < 4.78 is 0. The summed E-state index contributed by atoms with van der Waals surface area (Å²) in [4.78, 5) is 24.4. The van der Waals surface area contributed by atoms with Crippen molar-refractivity contribution in [1.29, 1.82) is 0 Å². The third-order valence-electron chi connectivity index (χ3n) is 3.09. The lowest BCUT2D eigenvalue weighted by Gasteiger charge is -2.15. The highest BCUT2D eigenvalue weighted by Gasteiger charge is 2.14. The van der Waals surface area contributed by atoms with Crippen LogP contribution in [0.3, 0.4) is 0 Å². The van der Waals surface area contributed by atoms with Crippen LogP contribution < -0.4 is 5.48 Å². The fourth-order valence-corrected chi connectivity index (χ4v) is 1.98. The molecule has 0 bridgehead atoms. The zero-order chi connectivity index (χ0) is 15.2. The van der Waals surface area contributed by atoms with Gasteiger partial charge in [-0.1, -0.05) is 42.5 Å². The molecule has 0 radical (unpaired) electrons. The smallest absolute Gasteiger partial charge is 0.262 e. The van der Waals surface area contributed by atoms with E-state index >= 15 is 0 Å². The Morgan fingerprint density at radius 1 is 1.00 bits per heavy atom. The highest BCUT2D eigenvalue weighted by atomic mass is 16.5. The summed E-state index contributed by atoms with van der Waals surface area (Å²) in [6.07, 6.45) is 0. The molecule has 0 aliphatic carbocycles. The van der Waals surface area contributed by atoms with Crippen LogP contribution in [0.5, 0.6) is 0 Å². The second-order valence-electron chi connectivity index (χ2n) is 4.64. The van der Waals surface area contributed by atoms with Gasteiger partial charge in [0.15, 0.2) is 0 Å². The minimum atomic E-state index is -0.633. The Bertz CT molecular complexity index is 624. The molecule has 2 aromatic carbocycles. The molecule has 0 spiro atoms. The maximum absolute atomic E-state index is 12.1. The third kappa shape index (κ3) is 3.67. The molecule has 21 heavy (non-hydrogen) atoms. The third-order valence-corrected chi connectivity index (χ3v) is 3.09. The van der Waals surface area contributed by atoms with E-state index in [1.807, 2.05) is 42.5 Å². The molecule has 2 amide bonds. The average molecular weight is 284 g/mol. The molecule has 0 atom stereocenters. The highest BCUT2D eigenvalue weighted by Crippen LogP contribution is 2.19. The van der Waals surface area contributed by atoms with Crippen LogP contribution in [0, 0.1) is 0 Å². The number of rotatable bonds is 4. The average Bonchev–Trinajstić information content (AvgIpc) is 2.55. The van der Waals surface area contributed by atoms with Gasteiger partial charge in [-0.25, -0.2) is 5.48 Å². The first-order chi connectivity index (χ1) is 10.1. The Kier molecular flexibility index (Phi) is 4.68. The largest absolute Gasteiger partial charge is 0.332 e. The number of likely N-dealkylation sites (N-methyl/N-ethyl adjacent to an activating group) is 1. The number of carbonyl (C=O) groups is 2. The number of carbonyl (C=O) groups excluding carboxylic acids is 2. The Morgan fingerprint density at radius 2 is 1.57 bits per heavy atom. The molecule has 0 fully saturated rings. The van der Waals surface area contributed by atoms with Gasteiger partial charge in [-0.05, 0) is 23.3 Å². The molecule has 0 aliphatic rings. The van der Waals surface area contributed by atoms with E-state index in [0.717, 1.165) is 11.1 Å². The van der Waals surface area contributed by atoms with Crippen molar-refractivity contribution in [2.45, 2.75) is 0 Å². The standard InChI is InChI=1S/C16H16N2O3/c1-18(11-15(19)17-21)16(20)14-9-7-13(8-10-14)12-5-3-2-4-6-12/h2-10,21H,11H2,1H3,(H,17,19). The van der Waals surface area contributed by atoms with Crippen LogP contribution in [-0.4, -0.2) is 35.5 Å². The Hall–Kier alpha value is -2.66. The summed E-state index contributed by atoms with van der Waals surface area (Å²) >= 11 is 0. The quantitative estimate of drug-likeness (QED) is 0.666. The van der Waals surface area contributed by atoms with E-state index < -0.39 is 5.91 Å². The second kappa shape index (κ2) is 6.67. The number of nitrogens with zero attached hydrogens (tertiary/aromatic N) is 1. The fraction of sp³-hybridized carbons (Fsp3) is 0.125. The lowest BCUT2D eigenvalue weighted by Crippen LogP contribution is -2.37. The summed E-state index contributed by atoms with van der Waals surface area (Å²) in [5.41, 5.74) is 4.08. The van der Waals surface area contributed by atoms with E-state index in [4.69, 9.17) is 5.21 Å². The molecule has 2 N–H and O–H groups in total. The van der Waals surface area contributed by atoms with Crippen LogP contribution in [0.2, 0.25) is 0 Å². The van der Waals surface area contributed by atoms with Crippen molar-refractivity contribution in [3.05, 3.63) is 60.2 Å². The normalized spacial score (nSPS) is 10.0. The lowest BCUT2D eigenvalue weighted by molar-refractivity contribution is -0.129. The first-order valence-corrected chi connectivity index (χ1v) is 6.45. The van der Waals surface area contributed by atoms with Crippen LogP contribution >= 0.6 is 0 Å². The number of hydrogen-bond donors (Lipinski definition) is 2. The minimum absolute atomic E-state index is 0.199. The van der Waals surface area contributed by atoms with Crippen LogP contribution in [0.15, 0.2) is 54.6 Å². The van der Waals surface area contributed by atoms with Crippen LogP contribution in [-0.2, 0) is 4.79 Å². The van der Waals surface area contributed by atoms with Gasteiger partial charge in [0, 0.05) is 12.6 Å². The Morgan fingerprint density at radius 3 is 2.14 bits per heavy atom. The van der Waals surface area contributed by atoms with Crippen molar-refractivity contribution in [2.75, 3.05) is 13.6 Å². The number of hydroxylamine groups is 1. The first kappa shape index (κ1) is 14.7. The second-order valence-corrected chi connectivity index (χ2v) is 4.64. The maximum atomic E-state index is 12.1. The molecule has 0 saturated carbocycles. The number of amides is 2. The predicted molar refractivity (Wildman–Crippen MR) is 78.8 cm³/mol. The molecule has 0 aromatic heterocycles. The lowest BCUT2D eigenvalue weighted by atomic mass is 10.0. The number of hydrogen-bond acceptors (Lipinski definition) is 3. The monoisotopic (exact) mass is 284 g/mol. The van der Waals surface area contributed by atoms with Crippen molar-refractivity contribution in [3.8, 4) is 11.1 Å². The molecule has 0 aliphatic heterocycles. The molecule has 2 rings (SSSR count). The topological polar surface area (TPSA) is 69.6 Å². The Balaban J connectivity index is 2.12. The molecular weight excluding hydrogens is 268 g/mol. The van der Waals surface area contributed by atoms with Gasteiger partial charge in [0.2, 0.25) is 0 Å². The van der Waals surface area contributed by atoms with E-state index in [1.54, 1.807) is 12.1 Å². The summed E-state index contributed by atoms with van der Waals surface area (Å²) in [5.74, 6) is -0.912. The molecule has 5 nitrogen and oxygen atoms in total. The van der Waals surface area contributed by atoms with E-state index in [1.165, 1.54) is 17.4 Å². The Labute approximate surface area is 122 Å². The molecule has 0 heterocycles. The van der Waals surface area contributed by atoms with Gasteiger partial charge in [-0.2, -0.15) is 0 Å². The zero-order valence-corrected chi connectivity index (χ0v) is 11.6. The van der Waals surface area contributed by atoms with Gasteiger partial charge in [-0.15, -0.1) is 0 Å². The number of nitrogens with one attached hydrogen (secondary N) is 1. The summed E-state index contributed by atoms with van der Waals surface area (Å²) in [5, 5.41) is 8.46. The SMILES string of the molecule is CN(CC(=O)NO)C(=O)c1ccc(-c2ccccc2)cc1. The van der Waals surface area contributed by atoms with Crippen molar-refractivity contribution in [3.63, 3.8) is 0 Å². The van der Waals surface area contributed by atoms with E-state index in [2.05, 4.69) is 0 Å². The minimum Gasteiger partial charge on any atom is -0.332 e. The first-order valence-electron chi connectivity index (χ1n) is 6.45. The summed E-state index contributed by atoms with van der Waals surface area (Å²) in [7, 11) is 1.50. The summed E-state index contributed by atoms with van der Waals surface area (Å²) in [6.45, 7) is -0.199. The van der Waals surface area contributed by atoms with Gasteiger partial charge in [0.25, 0.3) is 11.8 Å². The van der Waals surface area contributed by atoms with Gasteiger partial charge in [-0.3, -0.25) is 14.8 Å². The van der Waals surface area contributed by atoms with Gasteiger partial charge >= 0.3 is 0 Å². The van der Waals surface area contributed by atoms with Crippen molar-refractivity contribution in [1.82, 2.24) is 10.4 Å². The van der Waals surface area contributed by atoms with E-state index in [9.17, 15) is 9.59 Å². The molecule has 0 saturated heterocycles. The maximum Gasteiger partial charge on any atom is 0.262 e. The van der Waals surface area contributed by atoms with Crippen LogP contribution in [0.25, 0.3) is 11.1 Å². The zero-order valence-electron chi connectivity index (χ0n) is 11.6. The van der Waals surface area contributed by atoms with Crippen molar-refractivity contribution < 1.29 is 14.8 Å². The van der Waals surface area contributed by atoms with E-state index in [-0.39, 0.29) is 12.5 Å². The molecule has 108 valence electrons. The van der Waals surface area contributed by atoms with Crippen molar-refractivity contribution >= 4 is 11.8 Å².